The molecule has 0 aliphatic carbocycles. The molecule has 0 aliphatic rings. The van der Waals surface area contributed by atoms with E-state index in [4.69, 9.17) is 16.3 Å². The molecular weight excluding hydrogens is 305 g/mol. The molecule has 2 aromatic rings. The van der Waals surface area contributed by atoms with Gasteiger partial charge in [0.15, 0.2) is 17.7 Å². The molecule has 2 aromatic carbocycles. The Morgan fingerprint density at radius 2 is 1.90 bits per heavy atom. The van der Waals surface area contributed by atoms with Crippen LogP contribution in [0.2, 0.25) is 5.02 Å². The minimum Gasteiger partial charge on any atom is -0.479 e. The quantitative estimate of drug-likeness (QED) is 0.781. The number of halogens is 4. The Hall–Kier alpha value is -2.01. The molecule has 0 fully saturated rings. The van der Waals surface area contributed by atoms with Gasteiger partial charge in [0.25, 0.3) is 0 Å². The van der Waals surface area contributed by atoms with E-state index in [1.165, 1.54) is 25.1 Å². The number of carbonyl (C=O) groups is 1. The average Bonchev–Trinajstić information content (AvgIpc) is 2.43. The molecule has 0 saturated heterocycles. The molecule has 0 heterocycles. The maximum absolute atomic E-state index is 13.7. The van der Waals surface area contributed by atoms with E-state index in [1.54, 1.807) is 0 Å². The molecule has 0 spiro atoms. The third-order valence-corrected chi connectivity index (χ3v) is 3.08. The second kappa shape index (κ2) is 6.18. The molecule has 0 aliphatic heterocycles. The van der Waals surface area contributed by atoms with Gasteiger partial charge in [-0.15, -0.1) is 0 Å². The SMILES string of the molecule is CC(Oc1cccc(Cl)c1F)C(=O)c1ccc(F)cc1F. The number of rotatable bonds is 4. The van der Waals surface area contributed by atoms with Gasteiger partial charge in [-0.3, -0.25) is 4.79 Å². The van der Waals surface area contributed by atoms with Crippen molar-refractivity contribution in [2.45, 2.75) is 13.0 Å². The number of hydrogen-bond donors (Lipinski definition) is 0. The van der Waals surface area contributed by atoms with Crippen molar-refractivity contribution in [1.29, 1.82) is 0 Å². The maximum atomic E-state index is 13.7. The van der Waals surface area contributed by atoms with Crippen LogP contribution in [0.15, 0.2) is 36.4 Å². The monoisotopic (exact) mass is 314 g/mol. The van der Waals surface area contributed by atoms with Crippen molar-refractivity contribution in [3.05, 3.63) is 64.4 Å². The first-order chi connectivity index (χ1) is 9.90. The lowest BCUT2D eigenvalue weighted by atomic mass is 10.1. The molecule has 110 valence electrons. The number of carbonyl (C=O) groups excluding carboxylic acids is 1. The molecule has 0 radical (unpaired) electrons. The van der Waals surface area contributed by atoms with E-state index in [9.17, 15) is 18.0 Å². The van der Waals surface area contributed by atoms with Gasteiger partial charge in [-0.1, -0.05) is 17.7 Å². The van der Waals surface area contributed by atoms with E-state index in [1.807, 2.05) is 0 Å². The van der Waals surface area contributed by atoms with E-state index in [0.29, 0.717) is 6.07 Å². The first-order valence-corrected chi connectivity index (χ1v) is 6.38. The van der Waals surface area contributed by atoms with Crippen molar-refractivity contribution in [2.75, 3.05) is 0 Å². The Morgan fingerprint density at radius 3 is 2.57 bits per heavy atom. The van der Waals surface area contributed by atoms with E-state index < -0.39 is 29.3 Å². The number of ketones is 1. The van der Waals surface area contributed by atoms with Crippen LogP contribution >= 0.6 is 11.6 Å². The minimum absolute atomic E-state index is 0.153. The Bertz CT molecular complexity index is 689. The van der Waals surface area contributed by atoms with Crippen molar-refractivity contribution in [1.82, 2.24) is 0 Å². The maximum Gasteiger partial charge on any atom is 0.205 e. The van der Waals surface area contributed by atoms with Crippen molar-refractivity contribution in [3.63, 3.8) is 0 Å². The van der Waals surface area contributed by atoms with Crippen molar-refractivity contribution < 1.29 is 22.7 Å². The summed E-state index contributed by atoms with van der Waals surface area (Å²) in [6.45, 7) is 1.34. The van der Waals surface area contributed by atoms with Crippen LogP contribution in [0.1, 0.15) is 17.3 Å². The fourth-order valence-corrected chi connectivity index (χ4v) is 1.89. The van der Waals surface area contributed by atoms with Crippen LogP contribution in [0.5, 0.6) is 5.75 Å². The normalized spacial score (nSPS) is 12.0. The topological polar surface area (TPSA) is 26.3 Å². The van der Waals surface area contributed by atoms with Gasteiger partial charge in [-0.05, 0) is 31.2 Å². The molecule has 2 nitrogen and oxygen atoms in total. The molecule has 2 rings (SSSR count). The summed E-state index contributed by atoms with van der Waals surface area (Å²) in [5, 5.41) is -0.153. The van der Waals surface area contributed by atoms with Crippen LogP contribution in [0.3, 0.4) is 0 Å². The summed E-state index contributed by atoms with van der Waals surface area (Å²) in [6.07, 6.45) is -1.15. The average molecular weight is 315 g/mol. The van der Waals surface area contributed by atoms with Gasteiger partial charge in [0.2, 0.25) is 5.78 Å². The molecule has 0 saturated carbocycles. The highest BCUT2D eigenvalue weighted by Crippen LogP contribution is 2.25. The number of benzene rings is 2. The van der Waals surface area contributed by atoms with Gasteiger partial charge in [0.05, 0.1) is 10.6 Å². The largest absolute Gasteiger partial charge is 0.479 e. The van der Waals surface area contributed by atoms with Crippen LogP contribution in [0, 0.1) is 17.5 Å². The Morgan fingerprint density at radius 1 is 1.19 bits per heavy atom. The van der Waals surface area contributed by atoms with Crippen molar-refractivity contribution >= 4 is 17.4 Å². The summed E-state index contributed by atoms with van der Waals surface area (Å²) in [5.41, 5.74) is -0.327. The van der Waals surface area contributed by atoms with Crippen molar-refractivity contribution in [3.8, 4) is 5.75 Å². The predicted molar refractivity (Wildman–Crippen MR) is 72.2 cm³/mol. The lowest BCUT2D eigenvalue weighted by molar-refractivity contribution is 0.0808. The van der Waals surface area contributed by atoms with E-state index in [0.717, 1.165) is 12.1 Å². The lowest BCUT2D eigenvalue weighted by Crippen LogP contribution is -2.25. The van der Waals surface area contributed by atoms with Gasteiger partial charge in [-0.25, -0.2) is 13.2 Å². The predicted octanol–water partition coefficient (Wildman–Crippen LogP) is 4.41. The summed E-state index contributed by atoms with van der Waals surface area (Å²) in [7, 11) is 0. The Balaban J connectivity index is 2.21. The van der Waals surface area contributed by atoms with Crippen LogP contribution in [-0.4, -0.2) is 11.9 Å². The molecule has 0 bridgehead atoms. The zero-order valence-electron chi connectivity index (χ0n) is 10.9. The molecule has 21 heavy (non-hydrogen) atoms. The zero-order chi connectivity index (χ0) is 15.6. The molecule has 1 atom stereocenters. The fourth-order valence-electron chi connectivity index (χ4n) is 1.73. The lowest BCUT2D eigenvalue weighted by Gasteiger charge is -2.15. The number of ether oxygens (including phenoxy) is 1. The van der Waals surface area contributed by atoms with E-state index >= 15 is 0 Å². The van der Waals surface area contributed by atoms with Gasteiger partial charge in [0, 0.05) is 6.07 Å². The second-order valence-electron chi connectivity index (χ2n) is 4.30. The molecule has 0 aromatic heterocycles. The first-order valence-electron chi connectivity index (χ1n) is 6.00. The second-order valence-corrected chi connectivity index (χ2v) is 4.71. The highest BCUT2D eigenvalue weighted by molar-refractivity contribution is 6.30. The Labute approximate surface area is 124 Å². The van der Waals surface area contributed by atoms with Gasteiger partial charge in [0.1, 0.15) is 11.6 Å². The van der Waals surface area contributed by atoms with Gasteiger partial charge < -0.3 is 4.74 Å². The van der Waals surface area contributed by atoms with Gasteiger partial charge in [-0.2, -0.15) is 0 Å². The van der Waals surface area contributed by atoms with Gasteiger partial charge >= 0.3 is 0 Å². The van der Waals surface area contributed by atoms with Crippen LogP contribution < -0.4 is 4.74 Å². The number of hydrogen-bond acceptors (Lipinski definition) is 2. The summed E-state index contributed by atoms with van der Waals surface area (Å²) < 4.78 is 45.2. The molecule has 6 heteroatoms. The van der Waals surface area contributed by atoms with Crippen LogP contribution in [0.4, 0.5) is 13.2 Å². The fraction of sp³-hybridized carbons (Fsp3) is 0.133. The minimum atomic E-state index is -1.15. The number of Topliss-reactive ketones (excluding diaryl/α,β-unsaturated/α-hetero) is 1. The standard InChI is InChI=1S/C15H10ClF3O2/c1-8(21-13-4-2-3-11(16)14(13)19)15(20)10-6-5-9(17)7-12(10)18/h2-8H,1H3. The molecule has 0 amide bonds. The summed E-state index contributed by atoms with van der Waals surface area (Å²) in [4.78, 5) is 12.0. The molecule has 0 N–H and O–H groups in total. The highest BCUT2D eigenvalue weighted by atomic mass is 35.5. The zero-order valence-corrected chi connectivity index (χ0v) is 11.6. The third-order valence-electron chi connectivity index (χ3n) is 2.79. The summed E-state index contributed by atoms with van der Waals surface area (Å²) in [5.74, 6) is -3.54. The molecule has 1 unspecified atom stereocenters. The first kappa shape index (κ1) is 15.4. The summed E-state index contributed by atoms with van der Waals surface area (Å²) >= 11 is 5.59. The highest BCUT2D eigenvalue weighted by Gasteiger charge is 2.22. The smallest absolute Gasteiger partial charge is 0.205 e. The summed E-state index contributed by atoms with van der Waals surface area (Å²) in [6, 6.07) is 6.66. The van der Waals surface area contributed by atoms with E-state index in [-0.39, 0.29) is 16.3 Å². The Kier molecular flexibility index (Phi) is 4.53. The van der Waals surface area contributed by atoms with E-state index in [2.05, 4.69) is 0 Å². The molecular formula is C15H10ClF3O2. The third kappa shape index (κ3) is 3.36. The van der Waals surface area contributed by atoms with Crippen molar-refractivity contribution in [2.24, 2.45) is 0 Å². The van der Waals surface area contributed by atoms with Crippen LogP contribution in [0.25, 0.3) is 0 Å². The van der Waals surface area contributed by atoms with Crippen LogP contribution in [-0.2, 0) is 0 Å².